The van der Waals surface area contributed by atoms with Gasteiger partial charge in [-0.2, -0.15) is 0 Å². The molecule has 132 valence electrons. The summed E-state index contributed by atoms with van der Waals surface area (Å²) >= 11 is 0. The van der Waals surface area contributed by atoms with Crippen LogP contribution in [0.15, 0.2) is 36.4 Å². The Balaban J connectivity index is 1.58. The molecule has 3 rings (SSSR count). The van der Waals surface area contributed by atoms with E-state index in [1.165, 1.54) is 16.7 Å². The number of benzene rings is 2. The third kappa shape index (κ3) is 4.13. The lowest BCUT2D eigenvalue weighted by Gasteiger charge is -2.18. The Morgan fingerprint density at radius 2 is 1.88 bits per heavy atom. The second-order valence-electron chi connectivity index (χ2n) is 6.56. The highest BCUT2D eigenvalue weighted by Crippen LogP contribution is 2.32. The van der Waals surface area contributed by atoms with Gasteiger partial charge in [0, 0.05) is 6.42 Å². The second-order valence-corrected chi connectivity index (χ2v) is 6.56. The fraction of sp³-hybridized carbons (Fsp3) is 0.381. The summed E-state index contributed by atoms with van der Waals surface area (Å²) in [6, 6.07) is 12.3. The molecule has 4 nitrogen and oxygen atoms in total. The normalized spacial score (nSPS) is 13.6. The molecule has 4 heteroatoms. The van der Waals surface area contributed by atoms with Crippen molar-refractivity contribution in [3.05, 3.63) is 58.7 Å². The van der Waals surface area contributed by atoms with E-state index in [1.807, 2.05) is 18.2 Å². The maximum absolute atomic E-state index is 12.4. The van der Waals surface area contributed by atoms with Gasteiger partial charge in [-0.25, -0.2) is 0 Å². The number of amides is 1. The van der Waals surface area contributed by atoms with Gasteiger partial charge in [0.05, 0.1) is 6.04 Å². The first-order chi connectivity index (χ1) is 12.1. The largest absolute Gasteiger partial charge is 0.454 e. The van der Waals surface area contributed by atoms with E-state index in [0.29, 0.717) is 12.8 Å². The molecular weight excluding hydrogens is 314 g/mol. The summed E-state index contributed by atoms with van der Waals surface area (Å²) in [5.74, 6) is 1.61. The quantitative estimate of drug-likeness (QED) is 0.856. The number of carbonyl (C=O) groups is 1. The second kappa shape index (κ2) is 7.60. The summed E-state index contributed by atoms with van der Waals surface area (Å²) in [6.07, 6.45) is 2.02. The van der Waals surface area contributed by atoms with Crippen molar-refractivity contribution in [2.75, 3.05) is 6.79 Å². The standard InChI is InChI=1S/C21H25NO3/c1-4-18(17-8-5-14(2)15(3)11-17)22-21(23)10-7-16-6-9-19-20(12-16)25-13-24-19/h5-6,8-9,11-12,18H,4,7,10,13H2,1-3H3,(H,22,23)/t18-/m0/s1. The number of nitrogens with one attached hydrogen (secondary N) is 1. The van der Waals surface area contributed by atoms with E-state index in [0.717, 1.165) is 23.5 Å². The van der Waals surface area contributed by atoms with Gasteiger partial charge >= 0.3 is 0 Å². The zero-order chi connectivity index (χ0) is 17.8. The van der Waals surface area contributed by atoms with Gasteiger partial charge in [-0.1, -0.05) is 31.2 Å². The molecule has 0 fully saturated rings. The highest BCUT2D eigenvalue weighted by Gasteiger charge is 2.15. The molecule has 1 amide bonds. The molecule has 0 aliphatic carbocycles. The first-order valence-corrected chi connectivity index (χ1v) is 8.82. The van der Waals surface area contributed by atoms with Crippen LogP contribution in [-0.2, 0) is 11.2 Å². The molecule has 0 saturated heterocycles. The van der Waals surface area contributed by atoms with Crippen molar-refractivity contribution in [2.24, 2.45) is 0 Å². The van der Waals surface area contributed by atoms with Crippen molar-refractivity contribution < 1.29 is 14.3 Å². The summed E-state index contributed by atoms with van der Waals surface area (Å²) in [4.78, 5) is 12.4. The number of aryl methyl sites for hydroxylation is 3. The van der Waals surface area contributed by atoms with Crippen LogP contribution in [0.3, 0.4) is 0 Å². The van der Waals surface area contributed by atoms with Gasteiger partial charge in [0.25, 0.3) is 0 Å². The van der Waals surface area contributed by atoms with Gasteiger partial charge in [-0.3, -0.25) is 4.79 Å². The van der Waals surface area contributed by atoms with Gasteiger partial charge in [0.2, 0.25) is 12.7 Å². The van der Waals surface area contributed by atoms with E-state index in [9.17, 15) is 4.79 Å². The van der Waals surface area contributed by atoms with Crippen molar-refractivity contribution in [2.45, 2.75) is 46.1 Å². The Bertz CT molecular complexity index is 770. The molecule has 1 atom stereocenters. The maximum atomic E-state index is 12.4. The molecule has 1 heterocycles. The van der Waals surface area contributed by atoms with Gasteiger partial charge in [0.15, 0.2) is 11.5 Å². The molecule has 0 aromatic heterocycles. The first-order valence-electron chi connectivity index (χ1n) is 8.82. The third-order valence-corrected chi connectivity index (χ3v) is 4.75. The van der Waals surface area contributed by atoms with Crippen LogP contribution in [0.2, 0.25) is 0 Å². The van der Waals surface area contributed by atoms with Crippen molar-refractivity contribution in [1.82, 2.24) is 5.32 Å². The van der Waals surface area contributed by atoms with E-state index >= 15 is 0 Å². The molecule has 0 saturated carbocycles. The van der Waals surface area contributed by atoms with Crippen molar-refractivity contribution in [3.8, 4) is 11.5 Å². The van der Waals surface area contributed by atoms with E-state index in [1.54, 1.807) is 0 Å². The molecule has 25 heavy (non-hydrogen) atoms. The third-order valence-electron chi connectivity index (χ3n) is 4.75. The lowest BCUT2D eigenvalue weighted by molar-refractivity contribution is -0.121. The zero-order valence-corrected chi connectivity index (χ0v) is 15.1. The van der Waals surface area contributed by atoms with E-state index in [2.05, 4.69) is 44.3 Å². The average Bonchev–Trinajstić information content (AvgIpc) is 3.08. The number of ether oxygens (including phenoxy) is 2. The molecule has 1 aliphatic rings. The van der Waals surface area contributed by atoms with Crippen LogP contribution < -0.4 is 14.8 Å². The molecule has 1 N–H and O–H groups in total. The predicted molar refractivity (Wildman–Crippen MR) is 98.0 cm³/mol. The Hall–Kier alpha value is -2.49. The molecule has 2 aromatic rings. The van der Waals surface area contributed by atoms with Crippen LogP contribution in [0.1, 0.15) is 48.1 Å². The number of fused-ring (bicyclic) bond motifs is 1. The summed E-state index contributed by atoms with van der Waals surface area (Å²) in [6.45, 7) is 6.57. The van der Waals surface area contributed by atoms with Crippen molar-refractivity contribution in [3.63, 3.8) is 0 Å². The molecule has 0 radical (unpaired) electrons. The topological polar surface area (TPSA) is 47.6 Å². The van der Waals surface area contributed by atoms with Gasteiger partial charge in [-0.15, -0.1) is 0 Å². The number of rotatable bonds is 6. The fourth-order valence-electron chi connectivity index (χ4n) is 3.02. The highest BCUT2D eigenvalue weighted by molar-refractivity contribution is 5.76. The minimum Gasteiger partial charge on any atom is -0.454 e. The summed E-state index contributed by atoms with van der Waals surface area (Å²) in [5, 5.41) is 3.16. The van der Waals surface area contributed by atoms with Crippen molar-refractivity contribution in [1.29, 1.82) is 0 Å². The Kier molecular flexibility index (Phi) is 5.27. The predicted octanol–water partition coefficient (Wildman–Crippen LogP) is 4.23. The summed E-state index contributed by atoms with van der Waals surface area (Å²) < 4.78 is 10.7. The summed E-state index contributed by atoms with van der Waals surface area (Å²) in [7, 11) is 0. The Labute approximate surface area is 149 Å². The van der Waals surface area contributed by atoms with E-state index in [4.69, 9.17) is 9.47 Å². The Morgan fingerprint density at radius 1 is 1.08 bits per heavy atom. The van der Waals surface area contributed by atoms with Gasteiger partial charge in [-0.05, 0) is 61.1 Å². The van der Waals surface area contributed by atoms with Crippen LogP contribution in [0.5, 0.6) is 11.5 Å². The maximum Gasteiger partial charge on any atom is 0.231 e. The highest BCUT2D eigenvalue weighted by atomic mass is 16.7. The number of hydrogen-bond acceptors (Lipinski definition) is 3. The van der Waals surface area contributed by atoms with Crippen LogP contribution >= 0.6 is 0 Å². The smallest absolute Gasteiger partial charge is 0.231 e. The number of carbonyl (C=O) groups excluding carboxylic acids is 1. The molecular formula is C21H25NO3. The fourth-order valence-corrected chi connectivity index (χ4v) is 3.02. The van der Waals surface area contributed by atoms with Crippen LogP contribution in [0.4, 0.5) is 0 Å². The van der Waals surface area contributed by atoms with Crippen LogP contribution in [0, 0.1) is 13.8 Å². The lowest BCUT2D eigenvalue weighted by Crippen LogP contribution is -2.28. The average molecular weight is 339 g/mol. The minimum absolute atomic E-state index is 0.0588. The van der Waals surface area contributed by atoms with E-state index in [-0.39, 0.29) is 18.7 Å². The zero-order valence-electron chi connectivity index (χ0n) is 15.1. The van der Waals surface area contributed by atoms with Crippen LogP contribution in [0.25, 0.3) is 0 Å². The first kappa shape index (κ1) is 17.3. The van der Waals surface area contributed by atoms with Crippen LogP contribution in [-0.4, -0.2) is 12.7 Å². The molecule has 0 spiro atoms. The van der Waals surface area contributed by atoms with Gasteiger partial charge in [0.1, 0.15) is 0 Å². The van der Waals surface area contributed by atoms with Crippen molar-refractivity contribution >= 4 is 5.91 Å². The monoisotopic (exact) mass is 339 g/mol. The summed E-state index contributed by atoms with van der Waals surface area (Å²) in [5.41, 5.74) is 4.78. The molecule has 1 aliphatic heterocycles. The molecule has 2 aromatic carbocycles. The SMILES string of the molecule is CC[C@H](NC(=O)CCc1ccc2c(c1)OCO2)c1ccc(C)c(C)c1. The Morgan fingerprint density at radius 3 is 2.64 bits per heavy atom. The minimum atomic E-state index is 0.0588. The van der Waals surface area contributed by atoms with E-state index < -0.39 is 0 Å². The molecule has 0 unspecified atom stereocenters. The van der Waals surface area contributed by atoms with Gasteiger partial charge < -0.3 is 14.8 Å². The molecule has 0 bridgehead atoms. The number of hydrogen-bond donors (Lipinski definition) is 1. The lowest BCUT2D eigenvalue weighted by atomic mass is 9.99.